The van der Waals surface area contributed by atoms with E-state index < -0.39 is 0 Å². The number of nitrogens with zero attached hydrogens (tertiary/aromatic N) is 1. The number of nitrogens with one attached hydrogen (secondary N) is 1. The summed E-state index contributed by atoms with van der Waals surface area (Å²) in [6.07, 6.45) is 5.82. The van der Waals surface area contributed by atoms with Crippen molar-refractivity contribution in [2.45, 2.75) is 44.1 Å². The van der Waals surface area contributed by atoms with Crippen LogP contribution in [0.4, 0.5) is 5.69 Å². The molecule has 0 spiro atoms. The van der Waals surface area contributed by atoms with Crippen molar-refractivity contribution in [3.8, 4) is 0 Å². The van der Waals surface area contributed by atoms with Crippen molar-refractivity contribution in [3.63, 3.8) is 0 Å². The highest BCUT2D eigenvalue weighted by atomic mass is 16.5. The first kappa shape index (κ1) is 12.2. The number of hydrogen-bond acceptors (Lipinski definition) is 4. The monoisotopic (exact) mass is 272 g/mol. The Hall–Kier alpha value is -1.55. The average molecular weight is 272 g/mol. The lowest BCUT2D eigenvalue weighted by Gasteiger charge is -2.16. The second kappa shape index (κ2) is 5.09. The molecule has 2 aliphatic rings. The zero-order valence-corrected chi connectivity index (χ0v) is 11.6. The molecule has 106 valence electrons. The summed E-state index contributed by atoms with van der Waals surface area (Å²) in [6.45, 7) is 1.75. The van der Waals surface area contributed by atoms with Crippen molar-refractivity contribution >= 4 is 16.8 Å². The van der Waals surface area contributed by atoms with Crippen molar-refractivity contribution in [1.29, 1.82) is 0 Å². The molecular formula is C16H20N2O2. The van der Waals surface area contributed by atoms with Crippen molar-refractivity contribution in [3.05, 3.63) is 24.1 Å². The lowest BCUT2D eigenvalue weighted by Crippen LogP contribution is -2.19. The van der Waals surface area contributed by atoms with Crippen LogP contribution in [0.15, 0.2) is 22.6 Å². The molecule has 2 aromatic rings. The number of aromatic nitrogens is 1. The van der Waals surface area contributed by atoms with Crippen LogP contribution in [0.25, 0.3) is 11.1 Å². The highest BCUT2D eigenvalue weighted by Crippen LogP contribution is 2.40. The van der Waals surface area contributed by atoms with Gasteiger partial charge in [0.05, 0.1) is 0 Å². The first-order valence-corrected chi connectivity index (χ1v) is 7.63. The van der Waals surface area contributed by atoms with E-state index in [1.165, 1.54) is 19.3 Å². The van der Waals surface area contributed by atoms with E-state index in [1.807, 2.05) is 6.07 Å². The summed E-state index contributed by atoms with van der Waals surface area (Å²) in [4.78, 5) is 4.62. The molecule has 1 unspecified atom stereocenters. The van der Waals surface area contributed by atoms with E-state index in [0.717, 1.165) is 48.7 Å². The van der Waals surface area contributed by atoms with Crippen molar-refractivity contribution in [2.24, 2.45) is 0 Å². The lowest BCUT2D eigenvalue weighted by molar-refractivity contribution is 0.144. The maximum atomic E-state index is 5.80. The number of oxazole rings is 1. The molecular weight excluding hydrogens is 252 g/mol. The Balaban J connectivity index is 1.53. The third-order valence-electron chi connectivity index (χ3n) is 4.15. The Bertz CT molecular complexity index is 596. The number of hydrogen-bond donors (Lipinski definition) is 1. The zero-order valence-electron chi connectivity index (χ0n) is 11.6. The van der Waals surface area contributed by atoms with Gasteiger partial charge in [0.25, 0.3) is 0 Å². The van der Waals surface area contributed by atoms with E-state index in [0.29, 0.717) is 12.0 Å². The van der Waals surface area contributed by atoms with Gasteiger partial charge < -0.3 is 14.5 Å². The molecule has 1 aliphatic carbocycles. The average Bonchev–Trinajstić information content (AvgIpc) is 3.25. The topological polar surface area (TPSA) is 47.3 Å². The molecule has 1 atom stereocenters. The Morgan fingerprint density at radius 1 is 1.10 bits per heavy atom. The maximum absolute atomic E-state index is 5.80. The maximum Gasteiger partial charge on any atom is 0.198 e. The minimum atomic E-state index is 0.504. The van der Waals surface area contributed by atoms with Gasteiger partial charge in [0.1, 0.15) is 5.52 Å². The SMILES string of the molecule is c1cc2oc(C3CC3)nc2cc1NC1CCCOCC1. The van der Waals surface area contributed by atoms with Gasteiger partial charge >= 0.3 is 0 Å². The Morgan fingerprint density at radius 3 is 2.95 bits per heavy atom. The summed E-state index contributed by atoms with van der Waals surface area (Å²) in [5.74, 6) is 1.48. The molecule has 2 heterocycles. The van der Waals surface area contributed by atoms with Gasteiger partial charge in [-0.1, -0.05) is 0 Å². The third kappa shape index (κ3) is 2.52. The molecule has 1 aromatic heterocycles. The van der Waals surface area contributed by atoms with Gasteiger partial charge in [0, 0.05) is 30.9 Å². The van der Waals surface area contributed by atoms with Crippen LogP contribution in [0.5, 0.6) is 0 Å². The smallest absolute Gasteiger partial charge is 0.198 e. The molecule has 1 aromatic carbocycles. The van der Waals surface area contributed by atoms with E-state index in [-0.39, 0.29) is 0 Å². The van der Waals surface area contributed by atoms with Crippen molar-refractivity contribution in [1.82, 2.24) is 4.98 Å². The van der Waals surface area contributed by atoms with Crippen LogP contribution in [-0.2, 0) is 4.74 Å². The molecule has 20 heavy (non-hydrogen) atoms. The summed E-state index contributed by atoms with van der Waals surface area (Å²) in [6, 6.07) is 6.74. The molecule has 1 saturated carbocycles. The fourth-order valence-corrected chi connectivity index (χ4v) is 2.82. The first-order valence-electron chi connectivity index (χ1n) is 7.63. The third-order valence-corrected chi connectivity index (χ3v) is 4.15. The Labute approximate surface area is 118 Å². The fraction of sp³-hybridized carbons (Fsp3) is 0.562. The molecule has 0 radical (unpaired) electrons. The lowest BCUT2D eigenvalue weighted by atomic mass is 10.1. The number of ether oxygens (including phenoxy) is 1. The quantitative estimate of drug-likeness (QED) is 0.925. The molecule has 0 amide bonds. The minimum Gasteiger partial charge on any atom is -0.440 e. The minimum absolute atomic E-state index is 0.504. The van der Waals surface area contributed by atoms with Crippen LogP contribution in [-0.4, -0.2) is 24.2 Å². The summed E-state index contributed by atoms with van der Waals surface area (Å²) in [5, 5.41) is 3.61. The van der Waals surface area contributed by atoms with Gasteiger partial charge in [-0.25, -0.2) is 4.98 Å². The van der Waals surface area contributed by atoms with Crippen LogP contribution >= 0.6 is 0 Å². The largest absolute Gasteiger partial charge is 0.440 e. The summed E-state index contributed by atoms with van der Waals surface area (Å²) < 4.78 is 11.3. The van der Waals surface area contributed by atoms with Crippen LogP contribution in [0, 0.1) is 0 Å². The van der Waals surface area contributed by atoms with E-state index in [2.05, 4.69) is 22.4 Å². The number of benzene rings is 1. The van der Waals surface area contributed by atoms with Gasteiger partial charge in [-0.05, 0) is 50.3 Å². The molecule has 1 aliphatic heterocycles. The molecule has 4 nitrogen and oxygen atoms in total. The highest BCUT2D eigenvalue weighted by molar-refractivity contribution is 5.77. The Kier molecular flexibility index (Phi) is 3.11. The van der Waals surface area contributed by atoms with Gasteiger partial charge in [0.15, 0.2) is 11.5 Å². The van der Waals surface area contributed by atoms with Gasteiger partial charge in [-0.15, -0.1) is 0 Å². The number of anilines is 1. The van der Waals surface area contributed by atoms with Crippen molar-refractivity contribution in [2.75, 3.05) is 18.5 Å². The predicted molar refractivity (Wildman–Crippen MR) is 78.1 cm³/mol. The van der Waals surface area contributed by atoms with Crippen LogP contribution < -0.4 is 5.32 Å². The predicted octanol–water partition coefficient (Wildman–Crippen LogP) is 3.69. The first-order chi connectivity index (χ1) is 9.88. The van der Waals surface area contributed by atoms with Crippen LogP contribution in [0.1, 0.15) is 43.9 Å². The molecule has 4 heteroatoms. The Morgan fingerprint density at radius 2 is 2.05 bits per heavy atom. The summed E-state index contributed by atoms with van der Waals surface area (Å²) >= 11 is 0. The fourth-order valence-electron chi connectivity index (χ4n) is 2.82. The molecule has 4 rings (SSSR count). The molecule has 1 saturated heterocycles. The number of rotatable bonds is 3. The van der Waals surface area contributed by atoms with Gasteiger partial charge in [-0.3, -0.25) is 0 Å². The summed E-state index contributed by atoms with van der Waals surface area (Å²) in [7, 11) is 0. The summed E-state index contributed by atoms with van der Waals surface area (Å²) in [5.41, 5.74) is 3.02. The second-order valence-electron chi connectivity index (χ2n) is 5.89. The van der Waals surface area contributed by atoms with Gasteiger partial charge in [-0.2, -0.15) is 0 Å². The zero-order chi connectivity index (χ0) is 13.4. The van der Waals surface area contributed by atoms with Crippen molar-refractivity contribution < 1.29 is 9.15 Å². The van der Waals surface area contributed by atoms with Crippen LogP contribution in [0.2, 0.25) is 0 Å². The molecule has 1 N–H and O–H groups in total. The molecule has 0 bridgehead atoms. The standard InChI is InChI=1S/C16H20N2O2/c1-2-12(7-9-19-8-1)17-13-5-6-15-14(10-13)18-16(20-15)11-3-4-11/h5-6,10-12,17H,1-4,7-9H2. The highest BCUT2D eigenvalue weighted by Gasteiger charge is 2.28. The normalized spacial score (nSPS) is 23.7. The van der Waals surface area contributed by atoms with E-state index in [9.17, 15) is 0 Å². The van der Waals surface area contributed by atoms with E-state index in [1.54, 1.807) is 0 Å². The van der Waals surface area contributed by atoms with Gasteiger partial charge in [0.2, 0.25) is 0 Å². The second-order valence-corrected chi connectivity index (χ2v) is 5.89. The van der Waals surface area contributed by atoms with Crippen LogP contribution in [0.3, 0.4) is 0 Å². The van der Waals surface area contributed by atoms with E-state index >= 15 is 0 Å². The number of fused-ring (bicyclic) bond motifs is 1. The van der Waals surface area contributed by atoms with E-state index in [4.69, 9.17) is 9.15 Å². The molecule has 2 fully saturated rings.